The fourth-order valence-corrected chi connectivity index (χ4v) is 2.43. The van der Waals surface area contributed by atoms with E-state index in [1.54, 1.807) is 0 Å². The molecule has 1 fully saturated rings. The average Bonchev–Trinajstić information content (AvgIpc) is 2.26. The summed E-state index contributed by atoms with van der Waals surface area (Å²) in [5.74, 6) is 0.878. The van der Waals surface area contributed by atoms with E-state index >= 15 is 0 Å². The maximum absolute atomic E-state index is 9.91. The van der Waals surface area contributed by atoms with E-state index in [4.69, 9.17) is 0 Å². The third-order valence-electron chi connectivity index (χ3n) is 4.01. The molecule has 1 aliphatic rings. The molecule has 0 aromatic rings. The topological polar surface area (TPSA) is 32.3 Å². The first-order valence-electron chi connectivity index (χ1n) is 7.13. The third-order valence-corrected chi connectivity index (χ3v) is 4.01. The van der Waals surface area contributed by atoms with E-state index in [2.05, 4.69) is 19.2 Å². The molecule has 16 heavy (non-hydrogen) atoms. The van der Waals surface area contributed by atoms with Crippen molar-refractivity contribution < 1.29 is 5.11 Å². The van der Waals surface area contributed by atoms with Crippen LogP contribution in [0.15, 0.2) is 0 Å². The molecule has 1 unspecified atom stereocenters. The van der Waals surface area contributed by atoms with Gasteiger partial charge < -0.3 is 10.4 Å². The van der Waals surface area contributed by atoms with Crippen LogP contribution in [0, 0.1) is 5.92 Å². The van der Waals surface area contributed by atoms with Crippen LogP contribution in [0.1, 0.15) is 65.2 Å². The Morgan fingerprint density at radius 2 is 2.00 bits per heavy atom. The summed E-state index contributed by atoms with van der Waals surface area (Å²) >= 11 is 0. The summed E-state index contributed by atoms with van der Waals surface area (Å²) in [6, 6.07) is 0. The molecule has 0 saturated heterocycles. The number of aliphatic hydroxyl groups is 1. The smallest absolute Gasteiger partial charge is 0.0771 e. The predicted octanol–water partition coefficient (Wildman–Crippen LogP) is 3.10. The fourth-order valence-electron chi connectivity index (χ4n) is 2.43. The van der Waals surface area contributed by atoms with Crippen LogP contribution >= 0.6 is 0 Å². The van der Waals surface area contributed by atoms with E-state index in [1.807, 2.05) is 0 Å². The molecule has 2 N–H and O–H groups in total. The van der Waals surface area contributed by atoms with Crippen molar-refractivity contribution in [3.05, 3.63) is 0 Å². The minimum Gasteiger partial charge on any atom is -0.389 e. The lowest BCUT2D eigenvalue weighted by molar-refractivity contribution is -0.0312. The second-order valence-corrected chi connectivity index (χ2v) is 5.46. The summed E-state index contributed by atoms with van der Waals surface area (Å²) in [6.45, 7) is 6.43. The Morgan fingerprint density at radius 1 is 1.25 bits per heavy atom. The molecule has 0 spiro atoms. The Bertz CT molecular complexity index is 178. The Kier molecular flexibility index (Phi) is 6.37. The molecule has 0 radical (unpaired) electrons. The van der Waals surface area contributed by atoms with Gasteiger partial charge in [-0.25, -0.2) is 0 Å². The molecular weight excluding hydrogens is 198 g/mol. The zero-order valence-corrected chi connectivity index (χ0v) is 11.1. The molecule has 1 aliphatic carbocycles. The monoisotopic (exact) mass is 227 g/mol. The van der Waals surface area contributed by atoms with Crippen LogP contribution in [0.4, 0.5) is 0 Å². The zero-order chi connectivity index (χ0) is 11.9. The van der Waals surface area contributed by atoms with Gasteiger partial charge in [0.25, 0.3) is 0 Å². The number of hydrogen-bond acceptors (Lipinski definition) is 2. The molecular formula is C14H29NO. The van der Waals surface area contributed by atoms with E-state index in [0.29, 0.717) is 0 Å². The van der Waals surface area contributed by atoms with Crippen LogP contribution in [0.25, 0.3) is 0 Å². The van der Waals surface area contributed by atoms with Gasteiger partial charge in [-0.15, -0.1) is 0 Å². The molecule has 0 bridgehead atoms. The van der Waals surface area contributed by atoms with Gasteiger partial charge in [0.15, 0.2) is 0 Å². The van der Waals surface area contributed by atoms with Gasteiger partial charge >= 0.3 is 0 Å². The molecule has 1 rings (SSSR count). The molecule has 2 heteroatoms. The Labute approximate surface area is 101 Å². The van der Waals surface area contributed by atoms with E-state index in [0.717, 1.165) is 31.8 Å². The highest BCUT2D eigenvalue weighted by Crippen LogP contribution is 2.30. The van der Waals surface area contributed by atoms with Crippen molar-refractivity contribution in [2.75, 3.05) is 13.1 Å². The SMILES string of the molecule is CCCCC(CC)CCNCC1(O)CCC1. The van der Waals surface area contributed by atoms with Crippen LogP contribution in [0.5, 0.6) is 0 Å². The second kappa shape index (κ2) is 7.29. The average molecular weight is 227 g/mol. The minimum absolute atomic E-state index is 0.356. The van der Waals surface area contributed by atoms with Crippen molar-refractivity contribution in [2.45, 2.75) is 70.8 Å². The van der Waals surface area contributed by atoms with Gasteiger partial charge in [0.05, 0.1) is 5.60 Å². The van der Waals surface area contributed by atoms with Gasteiger partial charge in [-0.1, -0.05) is 39.5 Å². The van der Waals surface area contributed by atoms with Crippen molar-refractivity contribution in [1.29, 1.82) is 0 Å². The largest absolute Gasteiger partial charge is 0.389 e. The van der Waals surface area contributed by atoms with Gasteiger partial charge in [-0.2, -0.15) is 0 Å². The molecule has 96 valence electrons. The van der Waals surface area contributed by atoms with Crippen LogP contribution < -0.4 is 5.32 Å². The van der Waals surface area contributed by atoms with Crippen molar-refractivity contribution in [3.63, 3.8) is 0 Å². The van der Waals surface area contributed by atoms with Gasteiger partial charge in [0.2, 0.25) is 0 Å². The second-order valence-electron chi connectivity index (χ2n) is 5.46. The summed E-state index contributed by atoms with van der Waals surface area (Å²) in [4.78, 5) is 0. The maximum atomic E-state index is 9.91. The first-order chi connectivity index (χ1) is 7.70. The minimum atomic E-state index is -0.356. The van der Waals surface area contributed by atoms with E-state index < -0.39 is 0 Å². The van der Waals surface area contributed by atoms with Gasteiger partial charge in [-0.3, -0.25) is 0 Å². The number of rotatable bonds is 9. The quantitative estimate of drug-likeness (QED) is 0.593. The van der Waals surface area contributed by atoms with Gasteiger partial charge in [0.1, 0.15) is 0 Å². The highest BCUT2D eigenvalue weighted by Gasteiger charge is 2.33. The first kappa shape index (κ1) is 14.0. The van der Waals surface area contributed by atoms with Gasteiger partial charge in [0, 0.05) is 6.54 Å². The van der Waals surface area contributed by atoms with E-state index in [1.165, 1.54) is 38.5 Å². The third kappa shape index (κ3) is 4.84. The fraction of sp³-hybridized carbons (Fsp3) is 1.00. The van der Waals surface area contributed by atoms with Crippen molar-refractivity contribution in [1.82, 2.24) is 5.32 Å². The summed E-state index contributed by atoms with van der Waals surface area (Å²) in [5.41, 5.74) is -0.356. The molecule has 0 aromatic heterocycles. The first-order valence-corrected chi connectivity index (χ1v) is 7.13. The molecule has 0 aromatic carbocycles. The summed E-state index contributed by atoms with van der Waals surface area (Å²) in [7, 11) is 0. The number of hydrogen-bond donors (Lipinski definition) is 2. The van der Waals surface area contributed by atoms with Crippen LogP contribution in [-0.2, 0) is 0 Å². The van der Waals surface area contributed by atoms with E-state index in [-0.39, 0.29) is 5.60 Å². The standard InChI is InChI=1S/C14H29NO/c1-3-5-7-13(4-2)8-11-15-12-14(16)9-6-10-14/h13,15-16H,3-12H2,1-2H3. The molecule has 2 nitrogen and oxygen atoms in total. The lowest BCUT2D eigenvalue weighted by Crippen LogP contribution is -2.46. The Morgan fingerprint density at radius 3 is 2.50 bits per heavy atom. The molecule has 0 aliphatic heterocycles. The zero-order valence-electron chi connectivity index (χ0n) is 11.1. The summed E-state index contributed by atoms with van der Waals surface area (Å²) in [5, 5.41) is 13.3. The predicted molar refractivity (Wildman–Crippen MR) is 69.6 cm³/mol. The van der Waals surface area contributed by atoms with Crippen molar-refractivity contribution in [3.8, 4) is 0 Å². The number of nitrogens with one attached hydrogen (secondary N) is 1. The van der Waals surface area contributed by atoms with Crippen LogP contribution in [0.3, 0.4) is 0 Å². The highest BCUT2D eigenvalue weighted by atomic mass is 16.3. The van der Waals surface area contributed by atoms with E-state index in [9.17, 15) is 5.11 Å². The summed E-state index contributed by atoms with van der Waals surface area (Å²) < 4.78 is 0. The lowest BCUT2D eigenvalue weighted by atomic mass is 9.80. The number of unbranched alkanes of at least 4 members (excludes halogenated alkanes) is 1. The lowest BCUT2D eigenvalue weighted by Gasteiger charge is -2.36. The van der Waals surface area contributed by atoms with Gasteiger partial charge in [-0.05, 0) is 38.1 Å². The highest BCUT2D eigenvalue weighted by molar-refractivity contribution is 4.89. The van der Waals surface area contributed by atoms with Crippen molar-refractivity contribution >= 4 is 0 Å². The summed E-state index contributed by atoms with van der Waals surface area (Å²) in [6.07, 6.45) is 9.80. The van der Waals surface area contributed by atoms with Crippen LogP contribution in [-0.4, -0.2) is 23.8 Å². The molecule has 0 amide bonds. The Hall–Kier alpha value is -0.0800. The Balaban J connectivity index is 1.99. The van der Waals surface area contributed by atoms with Crippen LogP contribution in [0.2, 0.25) is 0 Å². The normalized spacial score (nSPS) is 20.4. The molecule has 0 heterocycles. The molecule has 1 atom stereocenters. The maximum Gasteiger partial charge on any atom is 0.0771 e. The van der Waals surface area contributed by atoms with Crippen molar-refractivity contribution in [2.24, 2.45) is 5.92 Å². The molecule has 1 saturated carbocycles.